The zero-order chi connectivity index (χ0) is 14.3. The van der Waals surface area contributed by atoms with Crippen LogP contribution in [-0.2, 0) is 9.47 Å². The highest BCUT2D eigenvalue weighted by atomic mass is 32.1. The van der Waals surface area contributed by atoms with E-state index in [9.17, 15) is 0 Å². The molecule has 0 aliphatic heterocycles. The first-order valence-corrected chi connectivity index (χ1v) is 6.92. The van der Waals surface area contributed by atoms with Crippen molar-refractivity contribution in [2.75, 3.05) is 45.4 Å². The van der Waals surface area contributed by atoms with Crippen molar-refractivity contribution in [2.45, 2.75) is 26.3 Å². The van der Waals surface area contributed by atoms with Crippen molar-refractivity contribution in [2.24, 2.45) is 0 Å². The molecule has 0 amide bonds. The predicted octanol–water partition coefficient (Wildman–Crippen LogP) is 2.01. The van der Waals surface area contributed by atoms with Crippen LogP contribution in [0.4, 0.5) is 5.95 Å². The van der Waals surface area contributed by atoms with Gasteiger partial charge in [0.25, 0.3) is 0 Å². The monoisotopic (exact) mass is 288 g/mol. The van der Waals surface area contributed by atoms with Crippen molar-refractivity contribution in [1.82, 2.24) is 14.8 Å². The quantitative estimate of drug-likeness (QED) is 0.556. The van der Waals surface area contributed by atoms with Crippen LogP contribution >= 0.6 is 12.2 Å². The molecule has 19 heavy (non-hydrogen) atoms. The van der Waals surface area contributed by atoms with Gasteiger partial charge in [-0.1, -0.05) is 0 Å². The van der Waals surface area contributed by atoms with Crippen LogP contribution in [0.1, 0.15) is 26.3 Å². The van der Waals surface area contributed by atoms with E-state index < -0.39 is 0 Å². The van der Waals surface area contributed by atoms with Crippen LogP contribution < -0.4 is 4.90 Å². The van der Waals surface area contributed by atoms with E-state index in [1.165, 1.54) is 0 Å². The molecule has 6 nitrogen and oxygen atoms in total. The fourth-order valence-corrected chi connectivity index (χ4v) is 2.24. The Kier molecular flexibility index (Phi) is 7.04. The molecular formula is C12H24N4O2S. The highest BCUT2D eigenvalue weighted by Gasteiger charge is 2.16. The maximum Gasteiger partial charge on any atom is 0.226 e. The third-order valence-corrected chi connectivity index (χ3v) is 3.11. The van der Waals surface area contributed by atoms with Gasteiger partial charge >= 0.3 is 0 Å². The smallest absolute Gasteiger partial charge is 0.226 e. The Bertz CT molecular complexity index is 416. The Hall–Kier alpha value is -0.920. The van der Waals surface area contributed by atoms with Gasteiger partial charge in [0.1, 0.15) is 0 Å². The van der Waals surface area contributed by atoms with E-state index in [1.54, 1.807) is 14.2 Å². The maximum absolute atomic E-state index is 5.28. The molecule has 1 aromatic heterocycles. The molecule has 0 atom stereocenters. The summed E-state index contributed by atoms with van der Waals surface area (Å²) < 4.78 is 12.9. The van der Waals surface area contributed by atoms with Crippen molar-refractivity contribution >= 4 is 18.2 Å². The van der Waals surface area contributed by atoms with Gasteiger partial charge in [-0.25, -0.2) is 5.10 Å². The minimum absolute atomic E-state index is 0.272. The lowest BCUT2D eigenvalue weighted by atomic mass is 10.3. The van der Waals surface area contributed by atoms with Crippen molar-refractivity contribution in [3.05, 3.63) is 4.77 Å². The molecule has 0 unspecified atom stereocenters. The van der Waals surface area contributed by atoms with Gasteiger partial charge in [0.2, 0.25) is 5.95 Å². The highest BCUT2D eigenvalue weighted by molar-refractivity contribution is 7.71. The summed E-state index contributed by atoms with van der Waals surface area (Å²) in [5, 5.41) is 7.21. The minimum atomic E-state index is 0.272. The first-order chi connectivity index (χ1) is 9.11. The van der Waals surface area contributed by atoms with Crippen molar-refractivity contribution in [3.63, 3.8) is 0 Å². The summed E-state index contributed by atoms with van der Waals surface area (Å²) in [5.41, 5.74) is 0. The molecular weight excluding hydrogens is 264 g/mol. The summed E-state index contributed by atoms with van der Waals surface area (Å²) in [4.78, 5) is 2.18. The Balaban J connectivity index is 2.86. The molecule has 0 fully saturated rings. The minimum Gasteiger partial charge on any atom is -0.385 e. The van der Waals surface area contributed by atoms with Gasteiger partial charge in [0.05, 0.1) is 6.61 Å². The largest absolute Gasteiger partial charge is 0.385 e. The summed E-state index contributed by atoms with van der Waals surface area (Å²) in [6.45, 7) is 7.23. The van der Waals surface area contributed by atoms with Crippen LogP contribution in [0.5, 0.6) is 0 Å². The Morgan fingerprint density at radius 2 is 1.95 bits per heavy atom. The van der Waals surface area contributed by atoms with Crippen LogP contribution in [-0.4, -0.2) is 55.3 Å². The maximum atomic E-state index is 5.28. The van der Waals surface area contributed by atoms with Gasteiger partial charge in [-0.3, -0.25) is 4.57 Å². The number of methoxy groups -OCH3 is 2. The molecule has 0 aromatic carbocycles. The first kappa shape index (κ1) is 16.1. The van der Waals surface area contributed by atoms with E-state index in [0.29, 0.717) is 11.4 Å². The molecule has 0 radical (unpaired) electrons. The number of hydrogen-bond acceptors (Lipinski definition) is 5. The van der Waals surface area contributed by atoms with E-state index in [-0.39, 0.29) is 6.04 Å². The normalized spacial score (nSPS) is 11.2. The summed E-state index contributed by atoms with van der Waals surface area (Å²) in [6.07, 6.45) is 0.942. The number of nitrogens with zero attached hydrogens (tertiary/aromatic N) is 3. The number of hydrogen-bond donors (Lipinski definition) is 1. The van der Waals surface area contributed by atoms with Gasteiger partial charge in [0, 0.05) is 40.0 Å². The molecule has 110 valence electrons. The summed E-state index contributed by atoms with van der Waals surface area (Å²) in [5.74, 6) is 0.869. The second kappa shape index (κ2) is 8.29. The number of H-pyrrole nitrogens is 1. The van der Waals surface area contributed by atoms with Crippen LogP contribution in [0, 0.1) is 4.77 Å². The summed E-state index contributed by atoms with van der Waals surface area (Å²) in [6, 6.07) is 0.272. The SMILES string of the molecule is COCCCN(CCOC)c1n[nH]c(=S)n1C(C)C. The number of anilines is 1. The third kappa shape index (κ3) is 4.59. The molecule has 1 heterocycles. The Labute approximate surface area is 119 Å². The zero-order valence-electron chi connectivity index (χ0n) is 12.2. The van der Waals surface area contributed by atoms with Crippen molar-refractivity contribution in [3.8, 4) is 0 Å². The Morgan fingerprint density at radius 1 is 1.26 bits per heavy atom. The lowest BCUT2D eigenvalue weighted by Gasteiger charge is -2.24. The van der Waals surface area contributed by atoms with Gasteiger partial charge in [-0.05, 0) is 32.5 Å². The van der Waals surface area contributed by atoms with Crippen LogP contribution in [0.3, 0.4) is 0 Å². The van der Waals surface area contributed by atoms with E-state index >= 15 is 0 Å². The fourth-order valence-electron chi connectivity index (χ4n) is 1.90. The van der Waals surface area contributed by atoms with Crippen LogP contribution in [0.2, 0.25) is 0 Å². The predicted molar refractivity (Wildman–Crippen MR) is 78.4 cm³/mol. The molecule has 7 heteroatoms. The number of aromatic nitrogens is 3. The number of rotatable bonds is 9. The van der Waals surface area contributed by atoms with Crippen molar-refractivity contribution in [1.29, 1.82) is 0 Å². The van der Waals surface area contributed by atoms with E-state index in [0.717, 1.165) is 32.1 Å². The lowest BCUT2D eigenvalue weighted by Crippen LogP contribution is -2.32. The van der Waals surface area contributed by atoms with Crippen molar-refractivity contribution < 1.29 is 9.47 Å². The molecule has 0 spiro atoms. The van der Waals surface area contributed by atoms with E-state index in [1.807, 2.05) is 4.57 Å². The molecule has 0 aliphatic carbocycles. The van der Waals surface area contributed by atoms with Crippen LogP contribution in [0.15, 0.2) is 0 Å². The molecule has 1 rings (SSSR count). The second-order valence-electron chi connectivity index (χ2n) is 4.62. The van der Waals surface area contributed by atoms with Gasteiger partial charge < -0.3 is 14.4 Å². The molecule has 0 saturated heterocycles. The van der Waals surface area contributed by atoms with Gasteiger partial charge in [-0.15, -0.1) is 5.10 Å². The fraction of sp³-hybridized carbons (Fsp3) is 0.833. The number of ether oxygens (including phenoxy) is 2. The highest BCUT2D eigenvalue weighted by Crippen LogP contribution is 2.17. The molecule has 1 N–H and O–H groups in total. The molecule has 0 aliphatic rings. The Morgan fingerprint density at radius 3 is 2.53 bits per heavy atom. The number of nitrogens with one attached hydrogen (secondary N) is 1. The van der Waals surface area contributed by atoms with Crippen LogP contribution in [0.25, 0.3) is 0 Å². The topological polar surface area (TPSA) is 55.3 Å². The molecule has 0 saturated carbocycles. The van der Waals surface area contributed by atoms with E-state index in [4.69, 9.17) is 21.7 Å². The average molecular weight is 288 g/mol. The lowest BCUT2D eigenvalue weighted by molar-refractivity contribution is 0.190. The first-order valence-electron chi connectivity index (χ1n) is 6.51. The summed E-state index contributed by atoms with van der Waals surface area (Å²) in [7, 11) is 3.41. The second-order valence-corrected chi connectivity index (χ2v) is 5.01. The average Bonchev–Trinajstić information content (AvgIpc) is 2.75. The standard InChI is InChI=1S/C12H24N4O2S/c1-10(2)16-11(13-14-12(16)19)15(7-9-18-4)6-5-8-17-3/h10H,5-9H2,1-4H3,(H,14,19). The summed E-state index contributed by atoms with van der Waals surface area (Å²) >= 11 is 5.28. The molecule has 0 bridgehead atoms. The van der Waals surface area contributed by atoms with E-state index in [2.05, 4.69) is 28.9 Å². The number of aromatic amines is 1. The third-order valence-electron chi connectivity index (χ3n) is 2.83. The molecule has 1 aromatic rings. The van der Waals surface area contributed by atoms with Gasteiger partial charge in [0.15, 0.2) is 4.77 Å². The zero-order valence-corrected chi connectivity index (χ0v) is 13.0. The van der Waals surface area contributed by atoms with Gasteiger partial charge in [-0.2, -0.15) is 0 Å².